The summed E-state index contributed by atoms with van der Waals surface area (Å²) >= 11 is 0. The molecule has 0 aliphatic heterocycles. The predicted octanol–water partition coefficient (Wildman–Crippen LogP) is 3.70. The van der Waals surface area contributed by atoms with Gasteiger partial charge in [-0.15, -0.1) is 0 Å². The first kappa shape index (κ1) is 14.7. The van der Waals surface area contributed by atoms with Crippen molar-refractivity contribution in [3.63, 3.8) is 0 Å². The van der Waals surface area contributed by atoms with Gasteiger partial charge in [-0.05, 0) is 41.9 Å². The lowest BCUT2D eigenvalue weighted by atomic mass is 9.87. The van der Waals surface area contributed by atoms with Gasteiger partial charge in [0, 0.05) is 10.7 Å². The van der Waals surface area contributed by atoms with Gasteiger partial charge in [-0.2, -0.15) is 0 Å². The summed E-state index contributed by atoms with van der Waals surface area (Å²) < 4.78 is 28.9. The molecule has 0 bridgehead atoms. The van der Waals surface area contributed by atoms with Crippen LogP contribution in [0.15, 0.2) is 23.1 Å². The molecule has 3 nitrogen and oxygen atoms in total. The molecule has 0 heterocycles. The molecule has 1 saturated carbocycles. The molecule has 19 heavy (non-hydrogen) atoms. The first-order chi connectivity index (χ1) is 8.68. The third-order valence-electron chi connectivity index (χ3n) is 3.24. The van der Waals surface area contributed by atoms with Gasteiger partial charge in [-0.3, -0.25) is 0 Å². The normalized spacial score (nSPS) is 16.4. The second kappa shape index (κ2) is 4.98. The Morgan fingerprint density at radius 2 is 1.95 bits per heavy atom. The second-order valence-electron chi connectivity index (χ2n) is 6.10. The van der Waals surface area contributed by atoms with Crippen LogP contribution in [0.4, 0.5) is 0 Å². The van der Waals surface area contributed by atoms with E-state index in [2.05, 4.69) is 0 Å². The third kappa shape index (κ3) is 3.86. The van der Waals surface area contributed by atoms with E-state index in [1.54, 1.807) is 12.1 Å². The Kier molecular flexibility index (Phi) is 3.85. The fourth-order valence-corrected chi connectivity index (χ4v) is 2.77. The van der Waals surface area contributed by atoms with Gasteiger partial charge in [0.1, 0.15) is 10.6 Å². The molecule has 1 aromatic carbocycles. The number of ether oxygens (including phenoxy) is 1. The highest BCUT2D eigenvalue weighted by atomic mass is 35.7. The molecule has 1 fully saturated rings. The van der Waals surface area contributed by atoms with Crippen molar-refractivity contribution in [2.75, 3.05) is 6.61 Å². The average Bonchev–Trinajstić information content (AvgIpc) is 3.07. The zero-order chi connectivity index (χ0) is 14.3. The van der Waals surface area contributed by atoms with Crippen molar-refractivity contribution in [3.8, 4) is 5.75 Å². The molecule has 0 radical (unpaired) electrons. The van der Waals surface area contributed by atoms with Crippen molar-refractivity contribution in [2.24, 2.45) is 5.92 Å². The van der Waals surface area contributed by atoms with Gasteiger partial charge < -0.3 is 4.74 Å². The van der Waals surface area contributed by atoms with Crippen LogP contribution < -0.4 is 4.74 Å². The molecule has 0 saturated heterocycles. The largest absolute Gasteiger partial charge is 0.492 e. The van der Waals surface area contributed by atoms with Crippen LogP contribution >= 0.6 is 10.7 Å². The Morgan fingerprint density at radius 1 is 1.32 bits per heavy atom. The molecule has 1 aliphatic carbocycles. The molecule has 0 unspecified atom stereocenters. The maximum atomic E-state index is 11.7. The summed E-state index contributed by atoms with van der Waals surface area (Å²) in [5.41, 5.74) is 0.788. The van der Waals surface area contributed by atoms with Crippen LogP contribution in [0.1, 0.15) is 39.2 Å². The molecular formula is C14H19ClO3S. The Bertz CT molecular complexity index is 569. The molecule has 1 aliphatic rings. The SMILES string of the molecule is CC(C)(C)c1ccc(OCC2CC2)c(S(=O)(=O)Cl)c1. The van der Waals surface area contributed by atoms with Gasteiger partial charge in [-0.25, -0.2) is 8.42 Å². The summed E-state index contributed by atoms with van der Waals surface area (Å²) in [4.78, 5) is 0.0715. The van der Waals surface area contributed by atoms with Crippen LogP contribution in [0, 0.1) is 5.92 Å². The van der Waals surface area contributed by atoms with Gasteiger partial charge in [0.25, 0.3) is 9.05 Å². The zero-order valence-corrected chi connectivity index (χ0v) is 13.0. The highest BCUT2D eigenvalue weighted by Crippen LogP contribution is 2.35. The van der Waals surface area contributed by atoms with Crippen molar-refractivity contribution in [3.05, 3.63) is 23.8 Å². The van der Waals surface area contributed by atoms with E-state index < -0.39 is 9.05 Å². The molecule has 1 aromatic rings. The highest BCUT2D eigenvalue weighted by molar-refractivity contribution is 8.13. The summed E-state index contributed by atoms with van der Waals surface area (Å²) in [6.07, 6.45) is 2.31. The first-order valence-corrected chi connectivity index (χ1v) is 8.71. The summed E-state index contributed by atoms with van der Waals surface area (Å²) in [7, 11) is 1.71. The number of rotatable bonds is 4. The van der Waals surface area contributed by atoms with Crippen molar-refractivity contribution in [1.29, 1.82) is 0 Å². The summed E-state index contributed by atoms with van der Waals surface area (Å²) in [6.45, 7) is 6.64. The smallest absolute Gasteiger partial charge is 0.264 e. The molecule has 0 spiro atoms. The standard InChI is InChI=1S/C14H19ClO3S/c1-14(2,3)11-6-7-12(18-9-10-4-5-10)13(8-11)19(15,16)17/h6-8,10H,4-5,9H2,1-3H3. The van der Waals surface area contributed by atoms with E-state index in [4.69, 9.17) is 15.4 Å². The van der Waals surface area contributed by atoms with E-state index in [0.717, 1.165) is 18.4 Å². The Hall–Kier alpha value is -0.740. The topological polar surface area (TPSA) is 43.4 Å². The monoisotopic (exact) mass is 302 g/mol. The van der Waals surface area contributed by atoms with Gasteiger partial charge in [0.2, 0.25) is 0 Å². The van der Waals surface area contributed by atoms with Crippen LogP contribution in [0.3, 0.4) is 0 Å². The molecule has 0 N–H and O–H groups in total. The van der Waals surface area contributed by atoms with Crippen LogP contribution in [0.2, 0.25) is 0 Å². The summed E-state index contributed by atoms with van der Waals surface area (Å²) in [5.74, 6) is 0.920. The van der Waals surface area contributed by atoms with E-state index in [1.807, 2.05) is 26.8 Å². The Balaban J connectivity index is 2.36. The fourth-order valence-electron chi connectivity index (χ4n) is 1.78. The molecule has 0 amide bonds. The molecule has 0 atom stereocenters. The minimum atomic E-state index is -3.80. The van der Waals surface area contributed by atoms with Gasteiger partial charge in [0.05, 0.1) is 6.61 Å². The van der Waals surface area contributed by atoms with Crippen LogP contribution in [-0.2, 0) is 14.5 Å². The Labute approximate surface area is 119 Å². The van der Waals surface area contributed by atoms with E-state index in [0.29, 0.717) is 18.3 Å². The average molecular weight is 303 g/mol. The van der Waals surface area contributed by atoms with Crippen molar-refractivity contribution in [1.82, 2.24) is 0 Å². The molecule has 5 heteroatoms. The number of benzene rings is 1. The number of hydrogen-bond acceptors (Lipinski definition) is 3. The van der Waals surface area contributed by atoms with Gasteiger partial charge in [0.15, 0.2) is 0 Å². The fraction of sp³-hybridized carbons (Fsp3) is 0.571. The maximum absolute atomic E-state index is 11.7. The first-order valence-electron chi connectivity index (χ1n) is 6.40. The second-order valence-corrected chi connectivity index (χ2v) is 8.64. The van der Waals surface area contributed by atoms with Crippen LogP contribution in [-0.4, -0.2) is 15.0 Å². The van der Waals surface area contributed by atoms with E-state index in [9.17, 15) is 8.42 Å². The molecule has 2 rings (SSSR count). The third-order valence-corrected chi connectivity index (χ3v) is 4.59. The lowest BCUT2D eigenvalue weighted by Gasteiger charge is -2.20. The summed E-state index contributed by atoms with van der Waals surface area (Å²) in [5, 5.41) is 0. The van der Waals surface area contributed by atoms with Gasteiger partial charge >= 0.3 is 0 Å². The van der Waals surface area contributed by atoms with E-state index in [1.165, 1.54) is 0 Å². The quantitative estimate of drug-likeness (QED) is 0.797. The predicted molar refractivity (Wildman–Crippen MR) is 76.4 cm³/mol. The zero-order valence-electron chi connectivity index (χ0n) is 11.4. The molecule has 106 valence electrons. The van der Waals surface area contributed by atoms with Crippen molar-refractivity contribution >= 4 is 19.7 Å². The van der Waals surface area contributed by atoms with Crippen LogP contribution in [0.25, 0.3) is 0 Å². The van der Waals surface area contributed by atoms with Crippen molar-refractivity contribution in [2.45, 2.75) is 43.9 Å². The molecular weight excluding hydrogens is 284 g/mol. The van der Waals surface area contributed by atoms with E-state index >= 15 is 0 Å². The minimum Gasteiger partial charge on any atom is -0.492 e. The maximum Gasteiger partial charge on any atom is 0.264 e. The number of halogens is 1. The lowest BCUT2D eigenvalue weighted by molar-refractivity contribution is 0.292. The van der Waals surface area contributed by atoms with Crippen molar-refractivity contribution < 1.29 is 13.2 Å². The number of hydrogen-bond donors (Lipinski definition) is 0. The minimum absolute atomic E-state index is 0.0715. The highest BCUT2D eigenvalue weighted by Gasteiger charge is 2.25. The van der Waals surface area contributed by atoms with Gasteiger partial charge in [-0.1, -0.05) is 26.8 Å². The van der Waals surface area contributed by atoms with E-state index in [-0.39, 0.29) is 10.3 Å². The Morgan fingerprint density at radius 3 is 2.42 bits per heavy atom. The molecule has 0 aromatic heterocycles. The lowest BCUT2D eigenvalue weighted by Crippen LogP contribution is -2.12. The van der Waals surface area contributed by atoms with Crippen LogP contribution in [0.5, 0.6) is 5.75 Å². The summed E-state index contributed by atoms with van der Waals surface area (Å²) in [6, 6.07) is 5.22.